The molecule has 8 nitrogen and oxygen atoms in total. The standard InChI is InChI=1S/C26H22N2O6/c1-3-34-20-12-7-9-17(15-20)23-22(24(29)18-10-6-11-19(14-18)28(32)33)25(30)26(31)27(23)21-13-5-4-8-16(21)2/h4-15,23,29H,3H2,1-2H3/b24-22-. The molecule has 0 aromatic heterocycles. The number of hydrogen-bond donors (Lipinski definition) is 1. The summed E-state index contributed by atoms with van der Waals surface area (Å²) < 4.78 is 5.60. The summed E-state index contributed by atoms with van der Waals surface area (Å²) in [6.45, 7) is 4.09. The van der Waals surface area contributed by atoms with Crippen LogP contribution >= 0.6 is 0 Å². The molecule has 1 unspecified atom stereocenters. The molecule has 1 atom stereocenters. The summed E-state index contributed by atoms with van der Waals surface area (Å²) in [4.78, 5) is 38.5. The van der Waals surface area contributed by atoms with Gasteiger partial charge in [-0.2, -0.15) is 0 Å². The number of carbonyl (C=O) groups is 2. The van der Waals surface area contributed by atoms with Crippen molar-refractivity contribution in [3.05, 3.63) is 105 Å². The van der Waals surface area contributed by atoms with Gasteiger partial charge in [-0.25, -0.2) is 0 Å². The van der Waals surface area contributed by atoms with Crippen LogP contribution in [0.3, 0.4) is 0 Å². The van der Waals surface area contributed by atoms with Gasteiger partial charge in [-0.1, -0.05) is 42.5 Å². The first-order chi connectivity index (χ1) is 16.3. The van der Waals surface area contributed by atoms with Crippen molar-refractivity contribution < 1.29 is 24.4 Å². The average molecular weight is 458 g/mol. The minimum atomic E-state index is -0.958. The van der Waals surface area contributed by atoms with Gasteiger partial charge in [0.15, 0.2) is 0 Å². The van der Waals surface area contributed by atoms with E-state index in [1.54, 1.807) is 36.4 Å². The predicted octanol–water partition coefficient (Wildman–Crippen LogP) is 4.93. The lowest BCUT2D eigenvalue weighted by atomic mass is 9.94. The molecule has 1 saturated heterocycles. The zero-order valence-electron chi connectivity index (χ0n) is 18.6. The van der Waals surface area contributed by atoms with E-state index in [0.717, 1.165) is 5.56 Å². The summed E-state index contributed by atoms with van der Waals surface area (Å²) in [5, 5.41) is 22.4. The van der Waals surface area contributed by atoms with E-state index in [0.29, 0.717) is 23.6 Å². The number of aliphatic hydroxyl groups is 1. The van der Waals surface area contributed by atoms with E-state index < -0.39 is 28.4 Å². The molecule has 1 aliphatic rings. The highest BCUT2D eigenvalue weighted by Crippen LogP contribution is 2.43. The van der Waals surface area contributed by atoms with Crippen LogP contribution in [0.1, 0.15) is 29.7 Å². The molecule has 0 aliphatic carbocycles. The lowest BCUT2D eigenvalue weighted by Crippen LogP contribution is -2.30. The highest BCUT2D eigenvalue weighted by molar-refractivity contribution is 6.51. The van der Waals surface area contributed by atoms with Gasteiger partial charge in [0.2, 0.25) is 0 Å². The number of nitrogens with zero attached hydrogens (tertiary/aromatic N) is 2. The van der Waals surface area contributed by atoms with Gasteiger partial charge in [0.25, 0.3) is 17.4 Å². The van der Waals surface area contributed by atoms with Crippen LogP contribution in [-0.4, -0.2) is 28.3 Å². The maximum atomic E-state index is 13.3. The van der Waals surface area contributed by atoms with Crippen molar-refractivity contribution in [2.75, 3.05) is 11.5 Å². The van der Waals surface area contributed by atoms with E-state index in [1.165, 1.54) is 29.2 Å². The molecular weight excluding hydrogens is 436 g/mol. The number of anilines is 1. The summed E-state index contributed by atoms with van der Waals surface area (Å²) in [6, 6.07) is 18.5. The number of rotatable bonds is 6. The Bertz CT molecular complexity index is 1330. The highest BCUT2D eigenvalue weighted by atomic mass is 16.6. The van der Waals surface area contributed by atoms with Crippen LogP contribution in [0.15, 0.2) is 78.4 Å². The van der Waals surface area contributed by atoms with Crippen LogP contribution in [0, 0.1) is 17.0 Å². The fraction of sp³-hybridized carbons (Fsp3) is 0.154. The van der Waals surface area contributed by atoms with Crippen LogP contribution in [0.25, 0.3) is 5.76 Å². The molecule has 172 valence electrons. The van der Waals surface area contributed by atoms with Crippen molar-refractivity contribution in [3.63, 3.8) is 0 Å². The summed E-state index contributed by atoms with van der Waals surface area (Å²) in [6.07, 6.45) is 0. The minimum absolute atomic E-state index is 0.0722. The molecule has 0 radical (unpaired) electrons. The number of ether oxygens (including phenoxy) is 1. The SMILES string of the molecule is CCOc1cccc(C2/C(=C(/O)c3cccc([N+](=O)[O-])c3)C(=O)C(=O)N2c2ccccc2C)c1. The van der Waals surface area contributed by atoms with Crippen LogP contribution in [0.4, 0.5) is 11.4 Å². The van der Waals surface area contributed by atoms with Crippen LogP contribution in [0.2, 0.25) is 0 Å². The third kappa shape index (κ3) is 4.01. The third-order valence-corrected chi connectivity index (χ3v) is 5.63. The van der Waals surface area contributed by atoms with Gasteiger partial charge in [-0.3, -0.25) is 24.6 Å². The average Bonchev–Trinajstić information content (AvgIpc) is 3.10. The molecule has 1 aliphatic heterocycles. The normalized spacial score (nSPS) is 17.1. The largest absolute Gasteiger partial charge is 0.507 e. The number of Topliss-reactive ketones (excluding diaryl/α,β-unsaturated/α-hetero) is 1. The fourth-order valence-electron chi connectivity index (χ4n) is 4.09. The number of benzene rings is 3. The van der Waals surface area contributed by atoms with Crippen LogP contribution in [-0.2, 0) is 9.59 Å². The molecule has 1 heterocycles. The summed E-state index contributed by atoms with van der Waals surface area (Å²) in [7, 11) is 0. The van der Waals surface area contributed by atoms with Gasteiger partial charge in [-0.15, -0.1) is 0 Å². The molecule has 1 amide bonds. The number of hydrogen-bond acceptors (Lipinski definition) is 6. The molecule has 0 bridgehead atoms. The van der Waals surface area contributed by atoms with Crippen LogP contribution in [0.5, 0.6) is 5.75 Å². The molecule has 3 aromatic rings. The third-order valence-electron chi connectivity index (χ3n) is 5.63. The Balaban J connectivity index is 1.97. The van der Waals surface area contributed by atoms with Gasteiger partial charge in [-0.05, 0) is 43.2 Å². The first kappa shape index (κ1) is 22.7. The van der Waals surface area contributed by atoms with Crippen molar-refractivity contribution >= 4 is 28.8 Å². The zero-order valence-corrected chi connectivity index (χ0v) is 18.6. The van der Waals surface area contributed by atoms with Gasteiger partial charge in [0.1, 0.15) is 11.5 Å². The number of nitro benzene ring substituents is 1. The van der Waals surface area contributed by atoms with E-state index in [2.05, 4.69) is 0 Å². The van der Waals surface area contributed by atoms with Gasteiger partial charge < -0.3 is 9.84 Å². The van der Waals surface area contributed by atoms with Crippen LogP contribution < -0.4 is 9.64 Å². The number of aryl methyl sites for hydroxylation is 1. The number of non-ortho nitro benzene ring substituents is 1. The van der Waals surface area contributed by atoms with E-state index in [9.17, 15) is 24.8 Å². The molecule has 3 aromatic carbocycles. The number of amides is 1. The van der Waals surface area contributed by atoms with E-state index >= 15 is 0 Å². The minimum Gasteiger partial charge on any atom is -0.507 e. The second-order valence-electron chi connectivity index (χ2n) is 7.77. The number of ketones is 1. The fourth-order valence-corrected chi connectivity index (χ4v) is 4.09. The summed E-state index contributed by atoms with van der Waals surface area (Å²) >= 11 is 0. The highest BCUT2D eigenvalue weighted by Gasteiger charge is 2.47. The number of para-hydroxylation sites is 1. The first-order valence-electron chi connectivity index (χ1n) is 10.7. The molecule has 4 rings (SSSR count). The molecule has 1 fully saturated rings. The van der Waals surface area contributed by atoms with Crippen molar-refractivity contribution in [1.82, 2.24) is 0 Å². The van der Waals surface area contributed by atoms with E-state index in [4.69, 9.17) is 4.74 Å². The van der Waals surface area contributed by atoms with Gasteiger partial charge in [0, 0.05) is 23.4 Å². The Morgan fingerprint density at radius 1 is 1.06 bits per heavy atom. The Kier molecular flexibility index (Phi) is 6.14. The quantitative estimate of drug-likeness (QED) is 0.184. The van der Waals surface area contributed by atoms with Crippen molar-refractivity contribution in [1.29, 1.82) is 0 Å². The molecule has 0 saturated carbocycles. The summed E-state index contributed by atoms with van der Waals surface area (Å²) in [5.74, 6) is -1.61. The Hall–Kier alpha value is -4.46. The molecule has 8 heteroatoms. The Morgan fingerprint density at radius 3 is 2.50 bits per heavy atom. The second-order valence-corrected chi connectivity index (χ2v) is 7.77. The Morgan fingerprint density at radius 2 is 1.79 bits per heavy atom. The van der Waals surface area contributed by atoms with E-state index in [-0.39, 0.29) is 16.8 Å². The monoisotopic (exact) mass is 458 g/mol. The van der Waals surface area contributed by atoms with Crippen molar-refractivity contribution in [2.45, 2.75) is 19.9 Å². The Labute approximate surface area is 195 Å². The zero-order chi connectivity index (χ0) is 24.4. The maximum absolute atomic E-state index is 13.3. The topological polar surface area (TPSA) is 110 Å². The molecule has 34 heavy (non-hydrogen) atoms. The molecule has 1 N–H and O–H groups in total. The lowest BCUT2D eigenvalue weighted by molar-refractivity contribution is -0.384. The molecular formula is C26H22N2O6. The number of nitro groups is 1. The number of aliphatic hydroxyl groups excluding tert-OH is 1. The first-order valence-corrected chi connectivity index (χ1v) is 10.7. The summed E-state index contributed by atoms with van der Waals surface area (Å²) in [5.41, 5.74) is 1.53. The molecule has 0 spiro atoms. The maximum Gasteiger partial charge on any atom is 0.300 e. The van der Waals surface area contributed by atoms with Gasteiger partial charge in [0.05, 0.1) is 23.1 Å². The van der Waals surface area contributed by atoms with Crippen molar-refractivity contribution in [2.24, 2.45) is 0 Å². The van der Waals surface area contributed by atoms with Crippen molar-refractivity contribution in [3.8, 4) is 5.75 Å². The van der Waals surface area contributed by atoms with Gasteiger partial charge >= 0.3 is 0 Å². The smallest absolute Gasteiger partial charge is 0.300 e. The van der Waals surface area contributed by atoms with E-state index in [1.807, 2.05) is 26.0 Å². The lowest BCUT2D eigenvalue weighted by Gasteiger charge is -2.27. The predicted molar refractivity (Wildman–Crippen MR) is 127 cm³/mol. The second kappa shape index (κ2) is 9.19. The number of carbonyl (C=O) groups excluding carboxylic acids is 2.